The van der Waals surface area contributed by atoms with Gasteiger partial charge in [-0.15, -0.1) is 5.10 Å². The number of nitrogens with zero attached hydrogens (tertiary/aromatic N) is 5. The van der Waals surface area contributed by atoms with E-state index in [0.717, 1.165) is 22.8 Å². The van der Waals surface area contributed by atoms with Crippen LogP contribution in [-0.4, -0.2) is 77.7 Å². The van der Waals surface area contributed by atoms with Crippen LogP contribution in [0.4, 0.5) is 0 Å². The molecule has 1 fully saturated rings. The number of likely N-dealkylation sites (N-methyl/N-ethyl adjacent to an activating group) is 1. The summed E-state index contributed by atoms with van der Waals surface area (Å²) in [4.78, 5) is 25.6. The Hall–Kier alpha value is -2.53. The third-order valence-corrected chi connectivity index (χ3v) is 6.90. The summed E-state index contributed by atoms with van der Waals surface area (Å²) in [5.74, 6) is -0.238. The van der Waals surface area contributed by atoms with Crippen molar-refractivity contribution in [3.63, 3.8) is 0 Å². The zero-order valence-corrected chi connectivity index (χ0v) is 18.4. The fourth-order valence-electron chi connectivity index (χ4n) is 3.42. The monoisotopic (exact) mass is 436 g/mol. The van der Waals surface area contributed by atoms with Crippen LogP contribution in [0.1, 0.15) is 39.2 Å². The zero-order valence-electron chi connectivity index (χ0n) is 17.5. The molecule has 0 bridgehead atoms. The lowest BCUT2D eigenvalue weighted by atomic mass is 10.3. The standard InChI is InChI=1S/C19H28N6O4S/c1-14(2)25-17-8-7-15(12-16(17)21-22-25)30(28,29)23(3)13-18(26)20-9-5-11-24-10-4-6-19(24)27/h7-8,12,14H,4-6,9-11,13H2,1-3H3,(H,20,26). The molecule has 3 rings (SSSR count). The topological polar surface area (TPSA) is 118 Å². The van der Waals surface area contributed by atoms with Gasteiger partial charge in [-0.2, -0.15) is 4.31 Å². The molecule has 0 radical (unpaired) electrons. The molecule has 10 nitrogen and oxygen atoms in total. The maximum atomic E-state index is 12.8. The van der Waals surface area contributed by atoms with Gasteiger partial charge in [0.1, 0.15) is 5.52 Å². The largest absolute Gasteiger partial charge is 0.355 e. The van der Waals surface area contributed by atoms with E-state index in [0.29, 0.717) is 31.4 Å². The summed E-state index contributed by atoms with van der Waals surface area (Å²) in [5, 5.41) is 10.8. The van der Waals surface area contributed by atoms with Crippen LogP contribution in [-0.2, 0) is 19.6 Å². The number of carbonyl (C=O) groups excluding carboxylic acids is 2. The Bertz CT molecular complexity index is 1030. The van der Waals surface area contributed by atoms with Crippen molar-refractivity contribution >= 4 is 32.9 Å². The minimum atomic E-state index is -3.84. The third kappa shape index (κ3) is 4.78. The summed E-state index contributed by atoms with van der Waals surface area (Å²) in [6, 6.07) is 4.75. The Balaban J connectivity index is 1.55. The van der Waals surface area contributed by atoms with Crippen LogP contribution in [0.5, 0.6) is 0 Å². The van der Waals surface area contributed by atoms with Gasteiger partial charge in [0.25, 0.3) is 0 Å². The molecule has 0 spiro atoms. The highest BCUT2D eigenvalue weighted by Crippen LogP contribution is 2.21. The Morgan fingerprint density at radius 2 is 2.10 bits per heavy atom. The molecular weight excluding hydrogens is 408 g/mol. The van der Waals surface area contributed by atoms with E-state index in [1.165, 1.54) is 19.2 Å². The van der Waals surface area contributed by atoms with Crippen LogP contribution in [0.2, 0.25) is 0 Å². The number of aromatic nitrogens is 3. The van der Waals surface area contributed by atoms with E-state index in [2.05, 4.69) is 15.6 Å². The molecule has 164 valence electrons. The molecule has 0 unspecified atom stereocenters. The molecule has 1 aromatic carbocycles. The fourth-order valence-corrected chi connectivity index (χ4v) is 4.57. The van der Waals surface area contributed by atoms with E-state index in [-0.39, 0.29) is 29.3 Å². The van der Waals surface area contributed by atoms with Crippen molar-refractivity contribution in [1.29, 1.82) is 0 Å². The van der Waals surface area contributed by atoms with Crippen LogP contribution in [0.25, 0.3) is 11.0 Å². The van der Waals surface area contributed by atoms with Gasteiger partial charge in [-0.25, -0.2) is 13.1 Å². The fraction of sp³-hybridized carbons (Fsp3) is 0.579. The average Bonchev–Trinajstić information content (AvgIpc) is 3.30. The van der Waals surface area contributed by atoms with Gasteiger partial charge in [-0.3, -0.25) is 9.59 Å². The minimum Gasteiger partial charge on any atom is -0.355 e. The summed E-state index contributed by atoms with van der Waals surface area (Å²) < 4.78 is 28.4. The molecule has 0 saturated carbocycles. The maximum absolute atomic E-state index is 12.8. The number of carbonyl (C=O) groups is 2. The van der Waals surface area contributed by atoms with Crippen LogP contribution in [0.15, 0.2) is 23.1 Å². The van der Waals surface area contributed by atoms with E-state index in [1.54, 1.807) is 15.6 Å². The first-order valence-electron chi connectivity index (χ1n) is 10.1. The molecule has 1 aliphatic rings. The number of fused-ring (bicyclic) bond motifs is 1. The molecule has 2 amide bonds. The van der Waals surface area contributed by atoms with E-state index in [9.17, 15) is 18.0 Å². The predicted octanol–water partition coefficient (Wildman–Crippen LogP) is 0.761. The van der Waals surface area contributed by atoms with Gasteiger partial charge in [0, 0.05) is 39.1 Å². The molecule has 1 aliphatic heterocycles. The molecule has 0 aliphatic carbocycles. The zero-order chi connectivity index (χ0) is 21.9. The van der Waals surface area contributed by atoms with Crippen LogP contribution in [0, 0.1) is 0 Å². The second kappa shape index (κ2) is 9.09. The molecular formula is C19H28N6O4S. The number of nitrogens with one attached hydrogen (secondary N) is 1. The summed E-state index contributed by atoms with van der Waals surface area (Å²) in [5.41, 5.74) is 1.24. The van der Waals surface area contributed by atoms with E-state index >= 15 is 0 Å². The first-order chi connectivity index (χ1) is 14.2. The Kier molecular flexibility index (Phi) is 6.71. The normalized spacial score (nSPS) is 15.0. The van der Waals surface area contributed by atoms with Crippen LogP contribution in [0.3, 0.4) is 0 Å². The highest BCUT2D eigenvalue weighted by Gasteiger charge is 2.24. The molecule has 2 heterocycles. The average molecular weight is 437 g/mol. The molecule has 1 saturated heterocycles. The number of sulfonamides is 1. The lowest BCUT2D eigenvalue weighted by Crippen LogP contribution is -2.39. The van der Waals surface area contributed by atoms with Crippen molar-refractivity contribution in [2.75, 3.05) is 33.2 Å². The van der Waals surface area contributed by atoms with Crippen molar-refractivity contribution in [2.24, 2.45) is 0 Å². The van der Waals surface area contributed by atoms with Gasteiger partial charge < -0.3 is 10.2 Å². The SMILES string of the molecule is CC(C)n1nnc2cc(S(=O)(=O)N(C)CC(=O)NCCCN3CCCC3=O)ccc21. The second-order valence-electron chi connectivity index (χ2n) is 7.73. The van der Waals surface area contributed by atoms with Crippen molar-refractivity contribution in [2.45, 2.75) is 44.0 Å². The van der Waals surface area contributed by atoms with E-state index in [1.807, 2.05) is 13.8 Å². The van der Waals surface area contributed by atoms with Gasteiger partial charge in [0.05, 0.1) is 17.0 Å². The Morgan fingerprint density at radius 3 is 2.77 bits per heavy atom. The second-order valence-corrected chi connectivity index (χ2v) is 9.77. The smallest absolute Gasteiger partial charge is 0.243 e. The molecule has 1 N–H and O–H groups in total. The molecule has 1 aromatic heterocycles. The third-order valence-electron chi connectivity index (χ3n) is 5.10. The van der Waals surface area contributed by atoms with Gasteiger partial charge in [-0.1, -0.05) is 5.21 Å². The number of likely N-dealkylation sites (tertiary alicyclic amines) is 1. The summed E-state index contributed by atoms with van der Waals surface area (Å²) in [7, 11) is -2.48. The van der Waals surface area contributed by atoms with Crippen LogP contribution >= 0.6 is 0 Å². The number of hydrogen-bond donors (Lipinski definition) is 1. The minimum absolute atomic E-state index is 0.0636. The first-order valence-corrected chi connectivity index (χ1v) is 11.5. The lowest BCUT2D eigenvalue weighted by molar-refractivity contribution is -0.127. The lowest BCUT2D eigenvalue weighted by Gasteiger charge is -2.18. The van der Waals surface area contributed by atoms with Crippen molar-refractivity contribution in [3.8, 4) is 0 Å². The van der Waals surface area contributed by atoms with Crippen molar-refractivity contribution in [1.82, 2.24) is 29.5 Å². The summed E-state index contributed by atoms with van der Waals surface area (Å²) in [6.45, 7) is 5.40. The number of benzene rings is 1. The molecule has 2 aromatic rings. The molecule has 11 heteroatoms. The molecule has 0 atom stereocenters. The van der Waals surface area contributed by atoms with E-state index < -0.39 is 10.0 Å². The van der Waals surface area contributed by atoms with Crippen LogP contribution < -0.4 is 5.32 Å². The Morgan fingerprint density at radius 1 is 1.33 bits per heavy atom. The maximum Gasteiger partial charge on any atom is 0.243 e. The quantitative estimate of drug-likeness (QED) is 0.580. The highest BCUT2D eigenvalue weighted by molar-refractivity contribution is 7.89. The van der Waals surface area contributed by atoms with Gasteiger partial charge >= 0.3 is 0 Å². The van der Waals surface area contributed by atoms with Gasteiger partial charge in [-0.05, 0) is 44.9 Å². The summed E-state index contributed by atoms with van der Waals surface area (Å²) in [6.07, 6.45) is 2.11. The van der Waals surface area contributed by atoms with Crippen molar-refractivity contribution in [3.05, 3.63) is 18.2 Å². The van der Waals surface area contributed by atoms with Gasteiger partial charge in [0.15, 0.2) is 0 Å². The number of rotatable bonds is 9. The molecule has 30 heavy (non-hydrogen) atoms. The summed E-state index contributed by atoms with van der Waals surface area (Å²) >= 11 is 0. The van der Waals surface area contributed by atoms with Crippen molar-refractivity contribution < 1.29 is 18.0 Å². The first kappa shape index (κ1) is 22.2. The van der Waals surface area contributed by atoms with E-state index in [4.69, 9.17) is 0 Å². The van der Waals surface area contributed by atoms with Gasteiger partial charge in [0.2, 0.25) is 21.8 Å². The highest BCUT2D eigenvalue weighted by atomic mass is 32.2. The number of amides is 2. The Labute approximate surface area is 176 Å². The number of hydrogen-bond acceptors (Lipinski definition) is 6. The predicted molar refractivity (Wildman–Crippen MR) is 111 cm³/mol.